The van der Waals surface area contributed by atoms with Crippen LogP contribution in [-0.2, 0) is 13.5 Å². The summed E-state index contributed by atoms with van der Waals surface area (Å²) in [5, 5.41) is 0. The van der Waals surface area contributed by atoms with Gasteiger partial charge in [-0.15, -0.1) is 0 Å². The van der Waals surface area contributed by atoms with Gasteiger partial charge < -0.3 is 9.30 Å². The first-order valence-electron chi connectivity index (χ1n) is 6.18. The number of carbonyl (C=O) groups excluding carboxylic acids is 1. The Balaban J connectivity index is 1.69. The number of rotatable bonds is 3. The van der Waals surface area contributed by atoms with Crippen molar-refractivity contribution in [1.82, 2.24) is 9.55 Å². The van der Waals surface area contributed by atoms with Crippen molar-refractivity contribution in [2.45, 2.75) is 12.5 Å². The molecule has 1 unspecified atom stereocenters. The van der Waals surface area contributed by atoms with E-state index in [1.165, 1.54) is 5.56 Å². The number of carbonyl (C=O) groups is 1. The highest BCUT2D eigenvalue weighted by atomic mass is 16.5. The van der Waals surface area contributed by atoms with Gasteiger partial charge in [-0.3, -0.25) is 4.79 Å². The third-order valence-electron chi connectivity index (χ3n) is 3.18. The fourth-order valence-electron chi connectivity index (χ4n) is 2.19. The first-order valence-corrected chi connectivity index (χ1v) is 6.18. The van der Waals surface area contributed by atoms with Gasteiger partial charge in [0, 0.05) is 25.9 Å². The van der Waals surface area contributed by atoms with E-state index in [1.807, 2.05) is 24.3 Å². The van der Waals surface area contributed by atoms with Crippen molar-refractivity contribution >= 4 is 5.78 Å². The van der Waals surface area contributed by atoms with Gasteiger partial charge in [0.1, 0.15) is 11.9 Å². The van der Waals surface area contributed by atoms with Gasteiger partial charge in [-0.25, -0.2) is 4.98 Å². The van der Waals surface area contributed by atoms with Gasteiger partial charge in [0.15, 0.2) is 5.82 Å². The number of fused-ring (bicyclic) bond motifs is 1. The third-order valence-corrected chi connectivity index (χ3v) is 3.18. The number of imidazole rings is 1. The Bertz CT molecular complexity index is 618. The Morgan fingerprint density at radius 2 is 2.32 bits per heavy atom. The second-order valence-electron chi connectivity index (χ2n) is 4.55. The van der Waals surface area contributed by atoms with Crippen molar-refractivity contribution in [3.05, 3.63) is 60.2 Å². The molecule has 0 bridgehead atoms. The number of ketones is 1. The van der Waals surface area contributed by atoms with E-state index < -0.39 is 0 Å². The minimum Gasteiger partial charge on any atom is -0.486 e. The summed E-state index contributed by atoms with van der Waals surface area (Å²) in [6.45, 7) is 0. The van der Waals surface area contributed by atoms with Crippen LogP contribution in [0.3, 0.4) is 0 Å². The van der Waals surface area contributed by atoms with E-state index in [9.17, 15) is 4.79 Å². The molecule has 4 nitrogen and oxygen atoms in total. The zero-order valence-electron chi connectivity index (χ0n) is 10.6. The standard InChI is InChI=1S/C15H14N2O2/c1-17-9-8-16-15(17)13(18)7-6-12-10-11-4-2-3-5-14(11)19-12/h2-9,12H,10H2,1H3. The van der Waals surface area contributed by atoms with Crippen molar-refractivity contribution in [2.75, 3.05) is 0 Å². The SMILES string of the molecule is Cn1ccnc1C(=O)C=CC1Cc2ccccc2O1. The molecule has 2 heterocycles. The van der Waals surface area contributed by atoms with Crippen molar-refractivity contribution in [1.29, 1.82) is 0 Å². The molecule has 0 saturated heterocycles. The molecular formula is C15H14N2O2. The zero-order chi connectivity index (χ0) is 13.2. The summed E-state index contributed by atoms with van der Waals surface area (Å²) in [7, 11) is 1.80. The van der Waals surface area contributed by atoms with Crippen LogP contribution < -0.4 is 4.74 Å². The molecule has 0 spiro atoms. The topological polar surface area (TPSA) is 44.1 Å². The van der Waals surface area contributed by atoms with E-state index in [-0.39, 0.29) is 11.9 Å². The Morgan fingerprint density at radius 3 is 3.05 bits per heavy atom. The monoisotopic (exact) mass is 254 g/mol. The Hall–Kier alpha value is -2.36. The highest BCUT2D eigenvalue weighted by Crippen LogP contribution is 2.28. The van der Waals surface area contributed by atoms with Gasteiger partial charge in [-0.1, -0.05) is 18.2 Å². The molecule has 19 heavy (non-hydrogen) atoms. The van der Waals surface area contributed by atoms with Crippen LogP contribution in [0.1, 0.15) is 16.2 Å². The number of ether oxygens (including phenoxy) is 1. The summed E-state index contributed by atoms with van der Waals surface area (Å²) in [6, 6.07) is 7.94. The van der Waals surface area contributed by atoms with E-state index in [0.717, 1.165) is 12.2 Å². The first-order chi connectivity index (χ1) is 9.24. The van der Waals surface area contributed by atoms with Crippen molar-refractivity contribution in [2.24, 2.45) is 7.05 Å². The molecule has 1 aliphatic heterocycles. The number of hydrogen-bond acceptors (Lipinski definition) is 3. The molecule has 1 aromatic carbocycles. The number of aryl methyl sites for hydroxylation is 1. The predicted molar refractivity (Wildman–Crippen MR) is 71.2 cm³/mol. The molecule has 96 valence electrons. The van der Waals surface area contributed by atoms with Crippen molar-refractivity contribution in [3.8, 4) is 5.75 Å². The smallest absolute Gasteiger partial charge is 0.221 e. The lowest BCUT2D eigenvalue weighted by Crippen LogP contribution is -2.11. The van der Waals surface area contributed by atoms with E-state index in [2.05, 4.69) is 4.98 Å². The van der Waals surface area contributed by atoms with E-state index >= 15 is 0 Å². The number of allylic oxidation sites excluding steroid dienone is 1. The van der Waals surface area contributed by atoms with Crippen LogP contribution in [0.25, 0.3) is 0 Å². The maximum absolute atomic E-state index is 11.9. The largest absolute Gasteiger partial charge is 0.486 e. The number of aromatic nitrogens is 2. The summed E-state index contributed by atoms with van der Waals surface area (Å²) >= 11 is 0. The van der Waals surface area contributed by atoms with Crippen molar-refractivity contribution in [3.63, 3.8) is 0 Å². The fourth-order valence-corrected chi connectivity index (χ4v) is 2.19. The van der Waals surface area contributed by atoms with Crippen LogP contribution in [0, 0.1) is 0 Å². The number of nitrogens with zero attached hydrogens (tertiary/aromatic N) is 2. The van der Waals surface area contributed by atoms with E-state index in [0.29, 0.717) is 5.82 Å². The normalized spacial score (nSPS) is 17.4. The lowest BCUT2D eigenvalue weighted by atomic mass is 10.1. The van der Waals surface area contributed by atoms with Crippen LogP contribution >= 0.6 is 0 Å². The second-order valence-corrected chi connectivity index (χ2v) is 4.55. The highest BCUT2D eigenvalue weighted by Gasteiger charge is 2.20. The van der Waals surface area contributed by atoms with Crippen LogP contribution in [0.4, 0.5) is 0 Å². The van der Waals surface area contributed by atoms with Gasteiger partial charge in [0.05, 0.1) is 0 Å². The lowest BCUT2D eigenvalue weighted by Gasteiger charge is -2.04. The lowest BCUT2D eigenvalue weighted by molar-refractivity contribution is 0.103. The minimum absolute atomic E-state index is 0.0679. The summed E-state index contributed by atoms with van der Waals surface area (Å²) in [4.78, 5) is 16.0. The summed E-state index contributed by atoms with van der Waals surface area (Å²) < 4.78 is 7.44. The van der Waals surface area contributed by atoms with Gasteiger partial charge >= 0.3 is 0 Å². The number of para-hydroxylation sites is 1. The maximum atomic E-state index is 11.9. The molecule has 0 N–H and O–H groups in total. The first kappa shape index (κ1) is 11.7. The Morgan fingerprint density at radius 1 is 1.47 bits per heavy atom. The fraction of sp³-hybridized carbons (Fsp3) is 0.200. The molecular weight excluding hydrogens is 240 g/mol. The van der Waals surface area contributed by atoms with E-state index in [4.69, 9.17) is 4.74 Å². The quantitative estimate of drug-likeness (QED) is 0.622. The van der Waals surface area contributed by atoms with Gasteiger partial charge in [0.2, 0.25) is 5.78 Å². The number of benzene rings is 1. The molecule has 1 aliphatic rings. The predicted octanol–water partition coefficient (Wildman–Crippen LogP) is 2.16. The average Bonchev–Trinajstić information content (AvgIpc) is 3.01. The molecule has 1 aromatic heterocycles. The zero-order valence-corrected chi connectivity index (χ0v) is 10.6. The summed E-state index contributed by atoms with van der Waals surface area (Å²) in [5.74, 6) is 1.24. The van der Waals surface area contributed by atoms with Crippen LogP contribution in [0.15, 0.2) is 48.8 Å². The minimum atomic E-state index is -0.105. The molecule has 0 aliphatic carbocycles. The van der Waals surface area contributed by atoms with Crippen LogP contribution in [-0.4, -0.2) is 21.4 Å². The van der Waals surface area contributed by atoms with Gasteiger partial charge in [0.25, 0.3) is 0 Å². The summed E-state index contributed by atoms with van der Waals surface area (Å²) in [6.07, 6.45) is 7.45. The summed E-state index contributed by atoms with van der Waals surface area (Å²) in [5.41, 5.74) is 1.18. The van der Waals surface area contributed by atoms with Crippen LogP contribution in [0.5, 0.6) is 5.75 Å². The number of hydrogen-bond donors (Lipinski definition) is 0. The molecule has 4 heteroatoms. The molecule has 0 radical (unpaired) electrons. The molecule has 1 atom stereocenters. The molecule has 0 saturated carbocycles. The van der Waals surface area contributed by atoms with Crippen molar-refractivity contribution < 1.29 is 9.53 Å². The highest BCUT2D eigenvalue weighted by molar-refractivity contribution is 6.01. The molecule has 0 amide bonds. The second kappa shape index (κ2) is 4.72. The van der Waals surface area contributed by atoms with E-state index in [1.54, 1.807) is 36.2 Å². The molecule has 0 fully saturated rings. The maximum Gasteiger partial charge on any atom is 0.221 e. The molecule has 3 rings (SSSR count). The van der Waals surface area contributed by atoms with Gasteiger partial charge in [-0.2, -0.15) is 0 Å². The van der Waals surface area contributed by atoms with Crippen LogP contribution in [0.2, 0.25) is 0 Å². The Kier molecular flexibility index (Phi) is 2.91. The third kappa shape index (κ3) is 2.29. The Labute approximate surface area is 111 Å². The average molecular weight is 254 g/mol. The van der Waals surface area contributed by atoms with Gasteiger partial charge in [-0.05, 0) is 23.8 Å². The molecule has 2 aromatic rings.